The van der Waals surface area contributed by atoms with Crippen LogP contribution in [0, 0.1) is 0 Å². The van der Waals surface area contributed by atoms with Gasteiger partial charge in [-0.2, -0.15) is 4.98 Å². The van der Waals surface area contributed by atoms with E-state index in [-0.39, 0.29) is 17.9 Å². The van der Waals surface area contributed by atoms with Crippen molar-refractivity contribution in [3.8, 4) is 11.4 Å². The van der Waals surface area contributed by atoms with E-state index in [1.807, 2.05) is 77.7 Å². The first-order valence-corrected chi connectivity index (χ1v) is 11.6. The van der Waals surface area contributed by atoms with Gasteiger partial charge in [0.1, 0.15) is 6.04 Å². The number of hydrogen-bond acceptors (Lipinski definition) is 4. The lowest BCUT2D eigenvalue weighted by Crippen LogP contribution is -2.41. The Morgan fingerprint density at radius 3 is 2.30 bits per heavy atom. The van der Waals surface area contributed by atoms with Crippen LogP contribution in [0.3, 0.4) is 0 Å². The lowest BCUT2D eigenvalue weighted by Gasteiger charge is -2.36. The van der Waals surface area contributed by atoms with E-state index in [0.717, 1.165) is 36.0 Å². The molecule has 1 aromatic heterocycles. The Hall–Kier alpha value is -3.44. The predicted octanol–water partition coefficient (Wildman–Crippen LogP) is 6.28. The molecule has 1 saturated heterocycles. The molecule has 0 bridgehead atoms. The van der Waals surface area contributed by atoms with Crippen LogP contribution in [-0.2, 0) is 4.79 Å². The van der Waals surface area contributed by atoms with Crippen LogP contribution in [0.5, 0.6) is 0 Å². The van der Waals surface area contributed by atoms with Gasteiger partial charge in [0.15, 0.2) is 0 Å². The molecule has 33 heavy (non-hydrogen) atoms. The minimum Gasteiger partial charge on any atom is -0.337 e. The molecule has 4 aromatic rings. The summed E-state index contributed by atoms with van der Waals surface area (Å²) in [6.45, 7) is 0.661. The summed E-state index contributed by atoms with van der Waals surface area (Å²) in [5.74, 6) is 0.619. The number of halogens is 1. The van der Waals surface area contributed by atoms with Gasteiger partial charge in [-0.3, -0.25) is 4.79 Å². The number of piperidine rings is 1. The Labute approximate surface area is 198 Å². The molecule has 1 aliphatic heterocycles. The van der Waals surface area contributed by atoms with Crippen LogP contribution in [0.2, 0.25) is 5.02 Å². The molecule has 1 atom stereocenters. The van der Waals surface area contributed by atoms with E-state index in [4.69, 9.17) is 16.1 Å². The van der Waals surface area contributed by atoms with Crippen LogP contribution in [0.15, 0.2) is 89.5 Å². The maximum absolute atomic E-state index is 14.0. The van der Waals surface area contributed by atoms with E-state index >= 15 is 0 Å². The second-order valence-electron chi connectivity index (χ2n) is 8.26. The van der Waals surface area contributed by atoms with E-state index < -0.39 is 0 Å². The number of aromatic nitrogens is 2. The topological polar surface area (TPSA) is 59.2 Å². The van der Waals surface area contributed by atoms with E-state index in [9.17, 15) is 4.79 Å². The summed E-state index contributed by atoms with van der Waals surface area (Å²) in [6, 6.07) is 27.0. The Balaban J connectivity index is 1.48. The molecule has 0 aliphatic carbocycles. The molecule has 0 radical (unpaired) electrons. The number of carbonyl (C=O) groups excluding carboxylic acids is 1. The summed E-state index contributed by atoms with van der Waals surface area (Å²) in [5, 5.41) is 4.79. The monoisotopic (exact) mass is 457 g/mol. The highest BCUT2D eigenvalue weighted by Crippen LogP contribution is 2.36. The summed E-state index contributed by atoms with van der Waals surface area (Å²) in [4.78, 5) is 20.6. The van der Waals surface area contributed by atoms with Gasteiger partial charge in [0.05, 0.1) is 5.92 Å². The number of likely N-dealkylation sites (tertiary alicyclic amines) is 1. The van der Waals surface area contributed by atoms with Crippen LogP contribution in [-0.4, -0.2) is 27.5 Å². The zero-order chi connectivity index (χ0) is 22.6. The van der Waals surface area contributed by atoms with Crippen LogP contribution in [0.1, 0.15) is 48.2 Å². The molecule has 2 heterocycles. The van der Waals surface area contributed by atoms with Crippen LogP contribution in [0.25, 0.3) is 11.4 Å². The smallest absolute Gasteiger partial charge is 0.249 e. The van der Waals surface area contributed by atoms with Crippen molar-refractivity contribution in [3.05, 3.63) is 107 Å². The van der Waals surface area contributed by atoms with Gasteiger partial charge in [-0.25, -0.2) is 0 Å². The fourth-order valence-electron chi connectivity index (χ4n) is 4.50. The first kappa shape index (κ1) is 21.4. The van der Waals surface area contributed by atoms with Gasteiger partial charge in [-0.1, -0.05) is 89.6 Å². The standard InChI is InChI=1S/C27H24ClN3O2/c28-22-15-9-14-21(18-22)25-29-26(33-30-25)23-16-7-8-17-31(23)27(32)24(19-10-3-1-4-11-19)20-12-5-2-6-13-20/h1-6,9-15,18,23-24H,7-8,16-17H2. The Morgan fingerprint density at radius 2 is 1.64 bits per heavy atom. The maximum Gasteiger partial charge on any atom is 0.249 e. The highest BCUT2D eigenvalue weighted by atomic mass is 35.5. The van der Waals surface area contributed by atoms with Crippen molar-refractivity contribution in [1.82, 2.24) is 15.0 Å². The first-order valence-electron chi connectivity index (χ1n) is 11.2. The molecule has 5 rings (SSSR count). The highest BCUT2D eigenvalue weighted by Gasteiger charge is 2.36. The quantitative estimate of drug-likeness (QED) is 0.354. The third-order valence-electron chi connectivity index (χ3n) is 6.11. The number of hydrogen-bond donors (Lipinski definition) is 0. The predicted molar refractivity (Wildman–Crippen MR) is 128 cm³/mol. The first-order chi connectivity index (χ1) is 16.2. The normalized spacial score (nSPS) is 16.2. The molecule has 0 saturated carbocycles. The Morgan fingerprint density at radius 1 is 0.939 bits per heavy atom. The Kier molecular flexibility index (Phi) is 6.22. The third-order valence-corrected chi connectivity index (χ3v) is 6.34. The minimum atomic E-state index is -0.386. The van der Waals surface area contributed by atoms with E-state index in [2.05, 4.69) is 10.1 Å². The van der Waals surface area contributed by atoms with Gasteiger partial charge in [-0.15, -0.1) is 0 Å². The summed E-state index contributed by atoms with van der Waals surface area (Å²) in [6.07, 6.45) is 2.75. The molecule has 3 aromatic carbocycles. The molecule has 6 heteroatoms. The average molecular weight is 458 g/mol. The van der Waals surface area contributed by atoms with Gasteiger partial charge in [0, 0.05) is 17.1 Å². The van der Waals surface area contributed by atoms with Crippen molar-refractivity contribution >= 4 is 17.5 Å². The van der Waals surface area contributed by atoms with Crippen molar-refractivity contribution in [2.24, 2.45) is 0 Å². The molecule has 1 amide bonds. The van der Waals surface area contributed by atoms with Gasteiger partial charge < -0.3 is 9.42 Å². The van der Waals surface area contributed by atoms with E-state index in [1.54, 1.807) is 12.1 Å². The second-order valence-corrected chi connectivity index (χ2v) is 8.70. The number of amides is 1. The molecule has 0 N–H and O–H groups in total. The lowest BCUT2D eigenvalue weighted by molar-refractivity contribution is -0.136. The third kappa shape index (κ3) is 4.55. The minimum absolute atomic E-state index is 0.0552. The van der Waals surface area contributed by atoms with Crippen LogP contribution >= 0.6 is 11.6 Å². The van der Waals surface area contributed by atoms with Crippen molar-refractivity contribution in [1.29, 1.82) is 0 Å². The van der Waals surface area contributed by atoms with Crippen molar-refractivity contribution in [2.75, 3.05) is 6.54 Å². The summed E-state index contributed by atoms with van der Waals surface area (Å²) in [5.41, 5.74) is 2.74. The number of carbonyl (C=O) groups is 1. The summed E-state index contributed by atoms with van der Waals surface area (Å²) < 4.78 is 5.67. The average Bonchev–Trinajstić information content (AvgIpc) is 3.36. The second kappa shape index (κ2) is 9.59. The maximum atomic E-state index is 14.0. The SMILES string of the molecule is O=C(C(c1ccccc1)c1ccccc1)N1CCCCC1c1nc(-c2cccc(Cl)c2)no1. The summed E-state index contributed by atoms with van der Waals surface area (Å²) >= 11 is 6.13. The highest BCUT2D eigenvalue weighted by molar-refractivity contribution is 6.30. The molecular weight excluding hydrogens is 434 g/mol. The molecule has 166 valence electrons. The molecule has 1 unspecified atom stereocenters. The van der Waals surface area contributed by atoms with Crippen LogP contribution < -0.4 is 0 Å². The summed E-state index contributed by atoms with van der Waals surface area (Å²) in [7, 11) is 0. The Bertz CT molecular complexity index is 1190. The zero-order valence-electron chi connectivity index (χ0n) is 18.1. The molecule has 1 fully saturated rings. The zero-order valence-corrected chi connectivity index (χ0v) is 18.9. The van der Waals surface area contributed by atoms with Gasteiger partial charge in [0.25, 0.3) is 0 Å². The molecule has 5 nitrogen and oxygen atoms in total. The molecule has 1 aliphatic rings. The van der Waals surface area contributed by atoms with Crippen molar-refractivity contribution in [2.45, 2.75) is 31.2 Å². The van der Waals surface area contributed by atoms with E-state index in [1.165, 1.54) is 0 Å². The van der Waals surface area contributed by atoms with Gasteiger partial charge >= 0.3 is 0 Å². The van der Waals surface area contributed by atoms with Crippen LogP contribution in [0.4, 0.5) is 0 Å². The molecule has 0 spiro atoms. The number of nitrogens with zero attached hydrogens (tertiary/aromatic N) is 3. The van der Waals surface area contributed by atoms with E-state index in [0.29, 0.717) is 23.3 Å². The van der Waals surface area contributed by atoms with Crippen molar-refractivity contribution < 1.29 is 9.32 Å². The lowest BCUT2D eigenvalue weighted by atomic mass is 9.88. The number of benzene rings is 3. The largest absolute Gasteiger partial charge is 0.337 e. The number of rotatable bonds is 5. The fraction of sp³-hybridized carbons (Fsp3) is 0.222. The van der Waals surface area contributed by atoms with Gasteiger partial charge in [0.2, 0.25) is 17.6 Å². The fourth-order valence-corrected chi connectivity index (χ4v) is 4.69. The van der Waals surface area contributed by atoms with Gasteiger partial charge in [-0.05, 0) is 42.5 Å². The van der Waals surface area contributed by atoms with Crippen molar-refractivity contribution in [3.63, 3.8) is 0 Å². The molecular formula is C27H24ClN3O2.